The molecule has 0 aliphatic carbocycles. The molecule has 150 valence electrons. The molecule has 2 aromatic carbocycles. The standard InChI is InChI=1S/C20H20N3O5.U/c1-2-20(22-23-21)18(27-19(24)16-11-7-4-8-12-16)17(14-25-20)28-26-13-15-9-5-3-6-10-15;/h3-12,14,17-18H,2,13H2,1H3;/q-1;/t17-,18-,20+;/m0./s1. The zero-order valence-corrected chi connectivity index (χ0v) is 20.0. The van der Waals surface area contributed by atoms with E-state index in [1.54, 1.807) is 37.3 Å². The second kappa shape index (κ2) is 11.4. The first kappa shape index (κ1) is 23.4. The van der Waals surface area contributed by atoms with E-state index in [-0.39, 0.29) is 44.1 Å². The monoisotopic (exact) mass is 620 g/mol. The van der Waals surface area contributed by atoms with Gasteiger partial charge in [-0.15, -0.1) is 0 Å². The summed E-state index contributed by atoms with van der Waals surface area (Å²) in [7, 11) is 0. The topological polar surface area (TPSA) is 103 Å². The Kier molecular flexibility index (Phi) is 9.18. The molecule has 0 radical (unpaired) electrons. The van der Waals surface area contributed by atoms with Crippen LogP contribution in [0.5, 0.6) is 0 Å². The van der Waals surface area contributed by atoms with Crippen molar-refractivity contribution in [3.05, 3.63) is 88.8 Å². The van der Waals surface area contributed by atoms with Gasteiger partial charge in [0.25, 0.3) is 0 Å². The van der Waals surface area contributed by atoms with Crippen LogP contribution in [0, 0.1) is 37.7 Å². The van der Waals surface area contributed by atoms with Gasteiger partial charge in [-0.05, 0) is 29.6 Å². The van der Waals surface area contributed by atoms with Gasteiger partial charge in [0, 0.05) is 42.1 Å². The van der Waals surface area contributed by atoms with E-state index in [0.717, 1.165) is 5.56 Å². The summed E-state index contributed by atoms with van der Waals surface area (Å²) in [5.74, 6) is -0.577. The number of hydrogen-bond donors (Lipinski definition) is 0. The van der Waals surface area contributed by atoms with Crippen LogP contribution in [0.4, 0.5) is 0 Å². The fourth-order valence-electron chi connectivity index (χ4n) is 2.84. The Morgan fingerprint density at radius 3 is 2.48 bits per heavy atom. The number of hydrogen-bond acceptors (Lipinski definition) is 6. The Bertz CT molecular complexity index is 833. The minimum absolute atomic E-state index is 0. The molecule has 1 fully saturated rings. The van der Waals surface area contributed by atoms with Gasteiger partial charge in [-0.2, -0.15) is 6.61 Å². The van der Waals surface area contributed by atoms with Gasteiger partial charge in [-0.25, -0.2) is 9.68 Å². The number of benzene rings is 2. The van der Waals surface area contributed by atoms with Gasteiger partial charge in [-0.1, -0.05) is 60.6 Å². The average molecular weight is 620 g/mol. The minimum atomic E-state index is -1.40. The molecule has 0 spiro atoms. The molecule has 0 N–H and O–H groups in total. The van der Waals surface area contributed by atoms with Crippen molar-refractivity contribution in [2.45, 2.75) is 37.9 Å². The smallest absolute Gasteiger partial charge is 0.338 e. The van der Waals surface area contributed by atoms with Gasteiger partial charge < -0.3 is 9.47 Å². The van der Waals surface area contributed by atoms with Crippen LogP contribution in [0.3, 0.4) is 0 Å². The maximum Gasteiger partial charge on any atom is 0.338 e. The number of ether oxygens (including phenoxy) is 2. The third-order valence-electron chi connectivity index (χ3n) is 4.36. The fraction of sp³-hybridized carbons (Fsp3) is 0.300. The van der Waals surface area contributed by atoms with E-state index in [1.807, 2.05) is 30.3 Å². The molecule has 3 atom stereocenters. The summed E-state index contributed by atoms with van der Waals surface area (Å²) in [6, 6.07) is 18.0. The summed E-state index contributed by atoms with van der Waals surface area (Å²) in [6.07, 6.45) is -1.59. The molecule has 9 heteroatoms. The molecule has 0 unspecified atom stereocenters. The quantitative estimate of drug-likeness (QED) is 0.0832. The molecule has 0 amide bonds. The Balaban J connectivity index is 0.00000300. The van der Waals surface area contributed by atoms with E-state index in [0.29, 0.717) is 5.56 Å². The van der Waals surface area contributed by atoms with Gasteiger partial charge in [-0.3, -0.25) is 4.89 Å². The first-order valence-corrected chi connectivity index (χ1v) is 8.84. The van der Waals surface area contributed by atoms with Crippen molar-refractivity contribution in [2.24, 2.45) is 5.11 Å². The molecule has 0 saturated carbocycles. The molecule has 1 aliphatic heterocycles. The van der Waals surface area contributed by atoms with E-state index in [1.165, 1.54) is 6.61 Å². The second-order valence-electron chi connectivity index (χ2n) is 6.14. The molecule has 0 aromatic heterocycles. The van der Waals surface area contributed by atoms with E-state index >= 15 is 0 Å². The number of esters is 1. The molecule has 3 rings (SSSR count). The number of carbonyl (C=O) groups is 1. The van der Waals surface area contributed by atoms with Crippen LogP contribution < -0.4 is 0 Å². The average Bonchev–Trinajstić information content (AvgIpc) is 3.07. The second-order valence-corrected chi connectivity index (χ2v) is 6.14. The number of azide groups is 1. The van der Waals surface area contributed by atoms with Gasteiger partial charge in [0.2, 0.25) is 0 Å². The van der Waals surface area contributed by atoms with E-state index in [2.05, 4.69) is 10.0 Å². The Hall–Kier alpha value is -1.85. The molecule has 1 saturated heterocycles. The van der Waals surface area contributed by atoms with Gasteiger partial charge >= 0.3 is 5.97 Å². The molecular formula is C20H20N3O5U-. The zero-order valence-electron chi connectivity index (χ0n) is 15.8. The van der Waals surface area contributed by atoms with Crippen LogP contribution in [0.2, 0.25) is 0 Å². The predicted molar refractivity (Wildman–Crippen MR) is 99.3 cm³/mol. The van der Waals surface area contributed by atoms with Crippen molar-refractivity contribution < 1.29 is 55.2 Å². The van der Waals surface area contributed by atoms with Crippen LogP contribution in [0.15, 0.2) is 65.8 Å². The third kappa shape index (κ3) is 5.83. The maximum atomic E-state index is 12.5. The normalized spacial score (nSPS) is 22.9. The van der Waals surface area contributed by atoms with Crippen LogP contribution in [-0.2, 0) is 25.9 Å². The summed E-state index contributed by atoms with van der Waals surface area (Å²) in [4.78, 5) is 26.1. The third-order valence-corrected chi connectivity index (χ3v) is 4.36. The molecule has 0 bridgehead atoms. The van der Waals surface area contributed by atoms with Crippen molar-refractivity contribution >= 4 is 5.97 Å². The SMILES string of the molecule is CC[C@@]1(N=[N+]=[N-])O[CH-][C@H](OOCc2ccccc2)[C@@H]1OC(=O)c1ccccc1.[U]. The van der Waals surface area contributed by atoms with Crippen LogP contribution in [0.25, 0.3) is 10.4 Å². The Labute approximate surface area is 192 Å². The molecule has 1 aliphatic rings. The summed E-state index contributed by atoms with van der Waals surface area (Å²) >= 11 is 0. The number of carbonyl (C=O) groups excluding carboxylic acids is 1. The van der Waals surface area contributed by atoms with Crippen molar-refractivity contribution in [3.63, 3.8) is 0 Å². The summed E-state index contributed by atoms with van der Waals surface area (Å²) in [5, 5.41) is 3.73. The van der Waals surface area contributed by atoms with Crippen LogP contribution >= 0.6 is 0 Å². The fourth-order valence-corrected chi connectivity index (χ4v) is 2.84. The van der Waals surface area contributed by atoms with E-state index < -0.39 is 23.9 Å². The van der Waals surface area contributed by atoms with Crippen molar-refractivity contribution in [1.82, 2.24) is 0 Å². The van der Waals surface area contributed by atoms with Crippen molar-refractivity contribution in [1.29, 1.82) is 0 Å². The minimum Gasteiger partial charge on any atom is -0.538 e. The van der Waals surface area contributed by atoms with Crippen molar-refractivity contribution in [2.75, 3.05) is 0 Å². The van der Waals surface area contributed by atoms with Gasteiger partial charge in [0.1, 0.15) is 12.7 Å². The van der Waals surface area contributed by atoms with E-state index in [9.17, 15) is 4.79 Å². The van der Waals surface area contributed by atoms with Gasteiger partial charge in [0.15, 0.2) is 5.72 Å². The van der Waals surface area contributed by atoms with Crippen molar-refractivity contribution in [3.8, 4) is 0 Å². The van der Waals surface area contributed by atoms with E-state index in [4.69, 9.17) is 24.8 Å². The molecule has 2 aromatic rings. The zero-order chi connectivity index (χ0) is 19.8. The Morgan fingerprint density at radius 1 is 1.21 bits per heavy atom. The molecule has 1 heterocycles. The first-order chi connectivity index (χ1) is 13.7. The summed E-state index contributed by atoms with van der Waals surface area (Å²) < 4.78 is 11.2. The molecular weight excluding hydrogens is 600 g/mol. The predicted octanol–water partition coefficient (Wildman–Crippen LogP) is 4.34. The van der Waals surface area contributed by atoms with Gasteiger partial charge in [0.05, 0.1) is 5.56 Å². The summed E-state index contributed by atoms with van der Waals surface area (Å²) in [6.45, 7) is 3.29. The Morgan fingerprint density at radius 2 is 1.86 bits per heavy atom. The van der Waals surface area contributed by atoms with Crippen LogP contribution in [0.1, 0.15) is 29.3 Å². The maximum absolute atomic E-state index is 12.5. The molecule has 8 nitrogen and oxygen atoms in total. The summed E-state index contributed by atoms with van der Waals surface area (Å²) in [5.41, 5.74) is 8.83. The number of rotatable bonds is 8. The van der Waals surface area contributed by atoms with Crippen LogP contribution in [-0.4, -0.2) is 23.9 Å². The first-order valence-electron chi connectivity index (χ1n) is 8.84. The molecule has 29 heavy (non-hydrogen) atoms. The largest absolute Gasteiger partial charge is 0.538 e. The number of nitrogens with zero attached hydrogens (tertiary/aromatic N) is 3.